The molecule has 5 aromatic rings. The molecule has 3 aromatic carbocycles. The van der Waals surface area contributed by atoms with E-state index >= 15 is 0 Å². The van der Waals surface area contributed by atoms with Gasteiger partial charge in [-0.25, -0.2) is 9.79 Å². The first kappa shape index (κ1) is 26.5. The summed E-state index contributed by atoms with van der Waals surface area (Å²) in [6.45, 7) is 4.50. The Kier molecular flexibility index (Phi) is 7.15. The number of hydrogen-bond donors (Lipinski definition) is 0. The lowest BCUT2D eigenvalue weighted by atomic mass is 9.96. The summed E-state index contributed by atoms with van der Waals surface area (Å²) in [5, 5.41) is 1.06. The normalized spacial score (nSPS) is 15.1. The van der Waals surface area contributed by atoms with Gasteiger partial charge in [-0.05, 0) is 49.2 Å². The van der Waals surface area contributed by atoms with Crippen LogP contribution in [0.15, 0.2) is 106 Å². The fourth-order valence-corrected chi connectivity index (χ4v) is 6.37. The van der Waals surface area contributed by atoms with Gasteiger partial charge in [0.1, 0.15) is 5.75 Å². The maximum Gasteiger partial charge on any atom is 0.338 e. The van der Waals surface area contributed by atoms with Crippen LogP contribution >= 0.6 is 11.3 Å². The number of esters is 1. The third kappa shape index (κ3) is 4.91. The summed E-state index contributed by atoms with van der Waals surface area (Å²) in [4.78, 5) is 32.5. The van der Waals surface area contributed by atoms with Crippen molar-refractivity contribution in [3.05, 3.63) is 133 Å². The zero-order chi connectivity index (χ0) is 28.5. The van der Waals surface area contributed by atoms with Gasteiger partial charge in [0.2, 0.25) is 0 Å². The summed E-state index contributed by atoms with van der Waals surface area (Å²) in [6.07, 6.45) is 4.02. The number of hydrogen-bond acceptors (Lipinski definition) is 6. The average Bonchev–Trinajstić information content (AvgIpc) is 3.49. The van der Waals surface area contributed by atoms with Crippen LogP contribution < -0.4 is 19.6 Å². The van der Waals surface area contributed by atoms with E-state index in [2.05, 4.69) is 35.0 Å². The van der Waals surface area contributed by atoms with E-state index in [-0.39, 0.29) is 12.2 Å². The van der Waals surface area contributed by atoms with E-state index in [1.807, 2.05) is 60.7 Å². The Morgan fingerprint density at radius 3 is 2.49 bits per heavy atom. The van der Waals surface area contributed by atoms with Gasteiger partial charge in [0.15, 0.2) is 4.80 Å². The summed E-state index contributed by atoms with van der Waals surface area (Å²) in [7, 11) is 1.60. The summed E-state index contributed by atoms with van der Waals surface area (Å²) >= 11 is 1.32. The molecule has 0 saturated heterocycles. The minimum atomic E-state index is -0.669. The van der Waals surface area contributed by atoms with Gasteiger partial charge in [0.25, 0.3) is 5.56 Å². The van der Waals surface area contributed by atoms with Gasteiger partial charge in [-0.3, -0.25) is 9.36 Å². The predicted molar refractivity (Wildman–Crippen MR) is 161 cm³/mol. The number of rotatable bonds is 7. The molecule has 7 nitrogen and oxygen atoms in total. The summed E-state index contributed by atoms with van der Waals surface area (Å²) in [6, 6.07) is 25.2. The molecular formula is C33H29N3O4S. The molecule has 0 aliphatic carbocycles. The third-order valence-corrected chi connectivity index (χ3v) is 8.23. The zero-order valence-corrected chi connectivity index (χ0v) is 23.9. The fraction of sp³-hybridized carbons (Fsp3) is 0.182. The smallest absolute Gasteiger partial charge is 0.338 e. The molecule has 0 radical (unpaired) electrons. The Hall–Kier alpha value is -4.69. The second-order valence-corrected chi connectivity index (χ2v) is 10.8. The molecule has 8 heteroatoms. The van der Waals surface area contributed by atoms with Crippen LogP contribution in [-0.4, -0.2) is 28.8 Å². The van der Waals surface area contributed by atoms with Crippen molar-refractivity contribution in [3.63, 3.8) is 0 Å². The highest BCUT2D eigenvalue weighted by Crippen LogP contribution is 2.31. The number of fused-ring (bicyclic) bond motifs is 2. The van der Waals surface area contributed by atoms with Gasteiger partial charge in [-0.15, -0.1) is 0 Å². The Labute approximate surface area is 240 Å². The largest absolute Gasteiger partial charge is 0.497 e. The second-order valence-electron chi connectivity index (χ2n) is 9.79. The maximum absolute atomic E-state index is 14.1. The Balaban J connectivity index is 1.51. The number of thiazole rings is 1. The number of nitrogens with zero attached hydrogens (tertiary/aromatic N) is 3. The average molecular weight is 564 g/mol. The van der Waals surface area contributed by atoms with Crippen molar-refractivity contribution in [3.8, 4) is 5.75 Å². The first-order valence-electron chi connectivity index (χ1n) is 13.4. The first-order chi connectivity index (χ1) is 20.0. The standard InChI is InChI=1S/C33H29N3O4S/c1-4-40-32(38)29-21(2)34-33-36(30(29)23-14-16-25(39-3)17-15-23)31(37)28(41-33)18-24-20-35(19-22-10-6-5-7-11-22)27-13-9-8-12-26(24)27/h5-18,20,30H,4,19H2,1-3H3/b28-18+/t30-/m1/s1. The molecule has 0 bridgehead atoms. The molecule has 3 heterocycles. The number of benzene rings is 3. The molecule has 0 spiro atoms. The molecule has 206 valence electrons. The lowest BCUT2D eigenvalue weighted by Gasteiger charge is -2.24. The van der Waals surface area contributed by atoms with E-state index in [9.17, 15) is 9.59 Å². The van der Waals surface area contributed by atoms with E-state index in [4.69, 9.17) is 14.5 Å². The van der Waals surface area contributed by atoms with Crippen LogP contribution in [0.25, 0.3) is 17.0 Å². The molecule has 1 atom stereocenters. The van der Waals surface area contributed by atoms with Gasteiger partial charge in [-0.1, -0.05) is 72.0 Å². The Morgan fingerprint density at radius 2 is 1.76 bits per heavy atom. The van der Waals surface area contributed by atoms with Crippen LogP contribution in [0.2, 0.25) is 0 Å². The van der Waals surface area contributed by atoms with Gasteiger partial charge in [0.05, 0.1) is 35.6 Å². The predicted octanol–water partition coefficient (Wildman–Crippen LogP) is 4.81. The van der Waals surface area contributed by atoms with E-state index in [0.29, 0.717) is 26.4 Å². The Morgan fingerprint density at radius 1 is 1.02 bits per heavy atom. The molecule has 1 aliphatic rings. The molecule has 41 heavy (non-hydrogen) atoms. The fourth-order valence-electron chi connectivity index (χ4n) is 5.34. The number of carbonyl (C=O) groups is 1. The van der Waals surface area contributed by atoms with E-state index < -0.39 is 12.0 Å². The van der Waals surface area contributed by atoms with Gasteiger partial charge in [0, 0.05) is 29.2 Å². The van der Waals surface area contributed by atoms with Crippen LogP contribution in [0.4, 0.5) is 0 Å². The molecule has 1 aliphatic heterocycles. The minimum absolute atomic E-state index is 0.205. The molecule has 0 saturated carbocycles. The van der Waals surface area contributed by atoms with Crippen LogP contribution in [0.3, 0.4) is 0 Å². The molecule has 6 rings (SSSR count). The highest BCUT2D eigenvalue weighted by Gasteiger charge is 2.33. The summed E-state index contributed by atoms with van der Waals surface area (Å²) in [5.74, 6) is 0.208. The quantitative estimate of drug-likeness (QED) is 0.267. The van der Waals surface area contributed by atoms with Gasteiger partial charge in [-0.2, -0.15) is 0 Å². The van der Waals surface area contributed by atoms with Gasteiger partial charge >= 0.3 is 5.97 Å². The van der Waals surface area contributed by atoms with Crippen molar-refractivity contribution < 1.29 is 14.3 Å². The summed E-state index contributed by atoms with van der Waals surface area (Å²) in [5.41, 5.74) is 4.70. The van der Waals surface area contributed by atoms with Crippen LogP contribution in [0.1, 0.15) is 36.6 Å². The summed E-state index contributed by atoms with van der Waals surface area (Å²) < 4.78 is 15.1. The molecule has 0 N–H and O–H groups in total. The number of para-hydroxylation sites is 1. The highest BCUT2D eigenvalue weighted by molar-refractivity contribution is 7.07. The van der Waals surface area contributed by atoms with Crippen LogP contribution in [0, 0.1) is 0 Å². The third-order valence-electron chi connectivity index (χ3n) is 7.25. The Bertz CT molecular complexity index is 1960. The molecular weight excluding hydrogens is 534 g/mol. The van der Waals surface area contributed by atoms with E-state index in [1.165, 1.54) is 16.9 Å². The van der Waals surface area contributed by atoms with Crippen molar-refractivity contribution in [1.29, 1.82) is 0 Å². The first-order valence-corrected chi connectivity index (χ1v) is 14.3. The SMILES string of the molecule is CCOC(=O)C1=C(C)N=c2s/c(=C/c3cn(Cc4ccccc4)c4ccccc34)c(=O)n2[C@@H]1c1ccc(OC)cc1. The van der Waals surface area contributed by atoms with Crippen molar-refractivity contribution in [2.45, 2.75) is 26.4 Å². The van der Waals surface area contributed by atoms with E-state index in [1.54, 1.807) is 25.5 Å². The number of ether oxygens (including phenoxy) is 2. The second kappa shape index (κ2) is 11.1. The highest BCUT2D eigenvalue weighted by atomic mass is 32.1. The topological polar surface area (TPSA) is 74.8 Å². The van der Waals surface area contributed by atoms with Crippen LogP contribution in [-0.2, 0) is 16.1 Å². The molecule has 0 amide bonds. The lowest BCUT2D eigenvalue weighted by molar-refractivity contribution is -0.139. The number of allylic oxidation sites excluding steroid dienone is 1. The van der Waals surface area contributed by atoms with Gasteiger partial charge < -0.3 is 14.0 Å². The molecule has 2 aromatic heterocycles. The minimum Gasteiger partial charge on any atom is -0.497 e. The van der Waals surface area contributed by atoms with Crippen molar-refractivity contribution in [2.75, 3.05) is 13.7 Å². The molecule has 0 fully saturated rings. The van der Waals surface area contributed by atoms with Crippen LogP contribution in [0.5, 0.6) is 5.75 Å². The number of methoxy groups -OCH3 is 1. The van der Waals surface area contributed by atoms with Crippen molar-refractivity contribution in [2.24, 2.45) is 4.99 Å². The maximum atomic E-state index is 14.1. The van der Waals surface area contributed by atoms with Crippen molar-refractivity contribution in [1.82, 2.24) is 9.13 Å². The monoisotopic (exact) mass is 563 g/mol. The lowest BCUT2D eigenvalue weighted by Crippen LogP contribution is -2.39. The van der Waals surface area contributed by atoms with E-state index in [0.717, 1.165) is 28.6 Å². The number of carbonyl (C=O) groups excluding carboxylic acids is 1. The molecule has 0 unspecified atom stereocenters. The number of aromatic nitrogens is 2. The van der Waals surface area contributed by atoms with Crippen molar-refractivity contribution >= 4 is 34.3 Å². The zero-order valence-electron chi connectivity index (χ0n) is 23.0.